The standard InChI is InChI=1S/C24H29N3O3S/c25-18-10-12-19(13-11-18)31(29,30)27-14-2-1-9-22(27)24(28)26-23-20-7-3-5-16(20)15-17-6-4-8-21(17)23/h10-13,15,22H,1-9,14,25H2,(H,26,28)/t22-/m0/s1. The zero-order valence-electron chi connectivity index (χ0n) is 17.7. The molecule has 0 saturated carbocycles. The van der Waals surface area contributed by atoms with Crippen LogP contribution in [-0.4, -0.2) is 31.2 Å². The van der Waals surface area contributed by atoms with Gasteiger partial charge in [-0.1, -0.05) is 12.5 Å². The molecule has 1 saturated heterocycles. The Morgan fingerprint density at radius 3 is 2.23 bits per heavy atom. The molecule has 3 aliphatic rings. The SMILES string of the molecule is Nc1ccc(S(=O)(=O)N2CCCC[C@H]2C(=O)Nc2c3c(cc4c2CCC4)CCC3)cc1. The molecule has 2 aromatic carbocycles. The van der Waals surface area contributed by atoms with E-state index in [0.717, 1.165) is 57.1 Å². The molecule has 1 fully saturated rings. The number of sulfonamides is 1. The Morgan fingerprint density at radius 2 is 1.58 bits per heavy atom. The highest BCUT2D eigenvalue weighted by atomic mass is 32.2. The minimum Gasteiger partial charge on any atom is -0.399 e. The molecular weight excluding hydrogens is 410 g/mol. The van der Waals surface area contributed by atoms with Crippen LogP contribution in [0.3, 0.4) is 0 Å². The van der Waals surface area contributed by atoms with E-state index in [2.05, 4.69) is 11.4 Å². The first-order valence-electron chi connectivity index (χ1n) is 11.3. The van der Waals surface area contributed by atoms with E-state index in [1.165, 1.54) is 38.7 Å². The Bertz CT molecular complexity index is 1090. The van der Waals surface area contributed by atoms with Crippen molar-refractivity contribution in [3.63, 3.8) is 0 Å². The predicted octanol–water partition coefficient (Wildman–Crippen LogP) is 3.43. The summed E-state index contributed by atoms with van der Waals surface area (Å²) in [5.41, 5.74) is 12.4. The summed E-state index contributed by atoms with van der Waals surface area (Å²) < 4.78 is 28.1. The molecule has 2 aromatic rings. The second-order valence-corrected chi connectivity index (χ2v) is 10.8. The number of amides is 1. The number of benzene rings is 2. The highest BCUT2D eigenvalue weighted by Crippen LogP contribution is 2.39. The predicted molar refractivity (Wildman–Crippen MR) is 122 cm³/mol. The van der Waals surface area contributed by atoms with Gasteiger partial charge in [0.25, 0.3) is 0 Å². The van der Waals surface area contributed by atoms with E-state index >= 15 is 0 Å². The van der Waals surface area contributed by atoms with Crippen LogP contribution in [0.5, 0.6) is 0 Å². The maximum absolute atomic E-state index is 13.5. The van der Waals surface area contributed by atoms with Crippen molar-refractivity contribution >= 4 is 27.3 Å². The van der Waals surface area contributed by atoms with Crippen molar-refractivity contribution in [3.8, 4) is 0 Å². The van der Waals surface area contributed by atoms with Gasteiger partial charge >= 0.3 is 0 Å². The first-order chi connectivity index (χ1) is 14.9. The number of carbonyl (C=O) groups excluding carboxylic acids is 1. The molecule has 3 N–H and O–H groups in total. The summed E-state index contributed by atoms with van der Waals surface area (Å²) in [6, 6.07) is 7.85. The second-order valence-electron chi connectivity index (χ2n) is 8.92. The third kappa shape index (κ3) is 3.64. The molecule has 1 atom stereocenters. The molecule has 5 rings (SSSR count). The van der Waals surface area contributed by atoms with Crippen LogP contribution in [0.1, 0.15) is 54.4 Å². The topological polar surface area (TPSA) is 92.5 Å². The lowest BCUT2D eigenvalue weighted by Gasteiger charge is -2.34. The molecular formula is C24H29N3O3S. The number of aryl methyl sites for hydroxylation is 2. The summed E-state index contributed by atoms with van der Waals surface area (Å²) >= 11 is 0. The van der Waals surface area contributed by atoms with Crippen molar-refractivity contribution in [2.75, 3.05) is 17.6 Å². The lowest BCUT2D eigenvalue weighted by Crippen LogP contribution is -2.50. The lowest BCUT2D eigenvalue weighted by molar-refractivity contribution is -0.120. The van der Waals surface area contributed by atoms with Gasteiger partial charge in [0.1, 0.15) is 6.04 Å². The van der Waals surface area contributed by atoms with Gasteiger partial charge < -0.3 is 11.1 Å². The van der Waals surface area contributed by atoms with E-state index in [9.17, 15) is 13.2 Å². The fourth-order valence-corrected chi connectivity index (χ4v) is 7.06. The molecule has 31 heavy (non-hydrogen) atoms. The summed E-state index contributed by atoms with van der Waals surface area (Å²) in [6.07, 6.45) is 8.46. The lowest BCUT2D eigenvalue weighted by atomic mass is 9.98. The smallest absolute Gasteiger partial charge is 0.243 e. The van der Waals surface area contributed by atoms with Crippen molar-refractivity contribution in [2.24, 2.45) is 0 Å². The van der Waals surface area contributed by atoms with Crippen LogP contribution in [0.15, 0.2) is 35.2 Å². The number of nitrogens with zero attached hydrogens (tertiary/aromatic N) is 1. The zero-order valence-corrected chi connectivity index (χ0v) is 18.5. The average molecular weight is 440 g/mol. The molecule has 0 spiro atoms. The van der Waals surface area contributed by atoms with Gasteiger partial charge in [0.2, 0.25) is 15.9 Å². The Morgan fingerprint density at radius 1 is 0.935 bits per heavy atom. The molecule has 1 aliphatic heterocycles. The molecule has 164 valence electrons. The molecule has 7 heteroatoms. The number of hydrogen-bond donors (Lipinski definition) is 2. The molecule has 0 radical (unpaired) electrons. The van der Waals surface area contributed by atoms with Crippen molar-refractivity contribution in [1.29, 1.82) is 0 Å². The maximum atomic E-state index is 13.5. The van der Waals surface area contributed by atoms with Gasteiger partial charge in [0.15, 0.2) is 0 Å². The molecule has 0 aromatic heterocycles. The quantitative estimate of drug-likeness (QED) is 0.714. The van der Waals surface area contributed by atoms with Crippen molar-refractivity contribution in [1.82, 2.24) is 4.31 Å². The van der Waals surface area contributed by atoms with Gasteiger partial charge in [-0.25, -0.2) is 8.42 Å². The first kappa shape index (κ1) is 20.5. The number of piperidine rings is 1. The zero-order chi connectivity index (χ0) is 21.6. The van der Waals surface area contributed by atoms with Gasteiger partial charge in [-0.15, -0.1) is 0 Å². The van der Waals surface area contributed by atoms with Crippen LogP contribution in [0.4, 0.5) is 11.4 Å². The highest BCUT2D eigenvalue weighted by Gasteiger charge is 2.38. The van der Waals surface area contributed by atoms with Gasteiger partial charge in [-0.05, 0) is 97.9 Å². The fourth-order valence-electron chi connectivity index (χ4n) is 5.40. The minimum atomic E-state index is -3.77. The van der Waals surface area contributed by atoms with Crippen molar-refractivity contribution in [2.45, 2.75) is 68.7 Å². The minimum absolute atomic E-state index is 0.183. The third-order valence-electron chi connectivity index (χ3n) is 6.96. The van der Waals surface area contributed by atoms with Crippen LogP contribution in [0, 0.1) is 0 Å². The van der Waals surface area contributed by atoms with E-state index in [-0.39, 0.29) is 10.8 Å². The first-order valence-corrected chi connectivity index (χ1v) is 12.7. The molecule has 1 amide bonds. The Labute approximate surface area is 183 Å². The summed E-state index contributed by atoms with van der Waals surface area (Å²) in [6.45, 7) is 0.357. The molecule has 2 aliphatic carbocycles. The summed E-state index contributed by atoms with van der Waals surface area (Å²) in [5, 5.41) is 3.21. The van der Waals surface area contributed by atoms with E-state index in [1.54, 1.807) is 12.1 Å². The number of carbonyl (C=O) groups is 1. The Kier molecular flexibility index (Phi) is 5.26. The average Bonchev–Trinajstić information content (AvgIpc) is 3.43. The Hall–Kier alpha value is -2.38. The van der Waals surface area contributed by atoms with Crippen molar-refractivity contribution in [3.05, 3.63) is 52.6 Å². The number of nitrogens with one attached hydrogen (secondary N) is 1. The van der Waals surface area contributed by atoms with Gasteiger partial charge in [-0.3, -0.25) is 4.79 Å². The highest BCUT2D eigenvalue weighted by molar-refractivity contribution is 7.89. The fraction of sp³-hybridized carbons (Fsp3) is 0.458. The van der Waals surface area contributed by atoms with Crippen LogP contribution in [0.25, 0.3) is 0 Å². The molecule has 6 nitrogen and oxygen atoms in total. The van der Waals surface area contributed by atoms with Crippen LogP contribution in [-0.2, 0) is 40.5 Å². The van der Waals surface area contributed by atoms with E-state index in [4.69, 9.17) is 5.73 Å². The largest absolute Gasteiger partial charge is 0.399 e. The van der Waals surface area contributed by atoms with Crippen LogP contribution >= 0.6 is 0 Å². The van der Waals surface area contributed by atoms with Crippen LogP contribution in [0.2, 0.25) is 0 Å². The summed E-state index contributed by atoms with van der Waals surface area (Å²) in [7, 11) is -3.77. The van der Waals surface area contributed by atoms with E-state index < -0.39 is 16.1 Å². The molecule has 0 bridgehead atoms. The maximum Gasteiger partial charge on any atom is 0.243 e. The third-order valence-corrected chi connectivity index (χ3v) is 8.89. The normalized spacial score (nSPS) is 21.0. The number of rotatable bonds is 4. The number of nitrogen functional groups attached to an aromatic ring is 1. The molecule has 1 heterocycles. The number of nitrogens with two attached hydrogens (primary N) is 1. The van der Waals surface area contributed by atoms with Gasteiger partial charge in [-0.2, -0.15) is 4.31 Å². The summed E-state index contributed by atoms with van der Waals surface area (Å²) in [4.78, 5) is 13.7. The van der Waals surface area contributed by atoms with E-state index in [0.29, 0.717) is 18.7 Å². The van der Waals surface area contributed by atoms with E-state index in [1.807, 2.05) is 0 Å². The van der Waals surface area contributed by atoms with Crippen molar-refractivity contribution < 1.29 is 13.2 Å². The monoisotopic (exact) mass is 439 g/mol. The number of anilines is 2. The summed E-state index contributed by atoms with van der Waals surface area (Å²) in [5.74, 6) is -0.201. The molecule has 0 unspecified atom stereocenters. The van der Waals surface area contributed by atoms with Gasteiger partial charge in [0.05, 0.1) is 4.90 Å². The van der Waals surface area contributed by atoms with Gasteiger partial charge in [0, 0.05) is 17.9 Å². The number of hydrogen-bond acceptors (Lipinski definition) is 4. The Balaban J connectivity index is 1.46. The second kappa shape index (κ2) is 7.95. The van der Waals surface area contributed by atoms with Crippen LogP contribution < -0.4 is 11.1 Å². The number of fused-ring (bicyclic) bond motifs is 2.